The zero-order valence-electron chi connectivity index (χ0n) is 17.3. The molecule has 3 nitrogen and oxygen atoms in total. The minimum atomic E-state index is -0.0197. The maximum atomic E-state index is 13.3. The fraction of sp³-hybridized carbons (Fsp3) is 0.269. The summed E-state index contributed by atoms with van der Waals surface area (Å²) in [6.45, 7) is 2.13. The molecule has 3 atom stereocenters. The third-order valence-corrected chi connectivity index (χ3v) is 6.00. The van der Waals surface area contributed by atoms with Gasteiger partial charge in [0.05, 0.1) is 18.0 Å². The van der Waals surface area contributed by atoms with E-state index in [1.165, 1.54) is 22.4 Å². The molecule has 0 saturated carbocycles. The molecule has 0 N–H and O–H groups in total. The van der Waals surface area contributed by atoms with E-state index in [1.807, 2.05) is 50.5 Å². The van der Waals surface area contributed by atoms with Gasteiger partial charge in [-0.15, -0.1) is 0 Å². The number of rotatable bonds is 6. The van der Waals surface area contributed by atoms with Gasteiger partial charge in [0.25, 0.3) is 0 Å². The van der Waals surface area contributed by atoms with Crippen molar-refractivity contribution in [3.8, 4) is 0 Å². The number of β-lactam (4-membered cyclic amide) rings is 1. The van der Waals surface area contributed by atoms with E-state index in [4.69, 9.17) is 0 Å². The van der Waals surface area contributed by atoms with Gasteiger partial charge in [-0.3, -0.25) is 4.79 Å². The molecule has 1 saturated heterocycles. The first-order valence-electron chi connectivity index (χ1n) is 10.2. The summed E-state index contributed by atoms with van der Waals surface area (Å²) in [5.74, 6) is 0.223. The zero-order valence-corrected chi connectivity index (χ0v) is 17.3. The molecule has 3 aromatic rings. The van der Waals surface area contributed by atoms with Crippen LogP contribution in [0.2, 0.25) is 0 Å². The van der Waals surface area contributed by atoms with Gasteiger partial charge in [0, 0.05) is 19.8 Å². The topological polar surface area (TPSA) is 23.6 Å². The summed E-state index contributed by atoms with van der Waals surface area (Å²) in [7, 11) is 4.09. The lowest BCUT2D eigenvalue weighted by Crippen LogP contribution is -2.56. The fourth-order valence-corrected chi connectivity index (χ4v) is 4.33. The summed E-state index contributed by atoms with van der Waals surface area (Å²) in [5.41, 5.74) is 4.77. The lowest BCUT2D eigenvalue weighted by atomic mass is 9.77. The number of carbonyl (C=O) groups excluding carboxylic acids is 1. The number of nitrogens with zero attached hydrogens (tertiary/aromatic N) is 2. The number of benzene rings is 3. The van der Waals surface area contributed by atoms with Crippen molar-refractivity contribution < 1.29 is 4.79 Å². The first kappa shape index (κ1) is 19.3. The second kappa shape index (κ2) is 8.12. The van der Waals surface area contributed by atoms with Crippen molar-refractivity contribution in [3.63, 3.8) is 0 Å². The molecule has 3 heteroatoms. The van der Waals surface area contributed by atoms with Crippen molar-refractivity contribution in [2.24, 2.45) is 5.92 Å². The van der Waals surface area contributed by atoms with Crippen molar-refractivity contribution in [2.45, 2.75) is 25.4 Å². The first-order valence-corrected chi connectivity index (χ1v) is 10.2. The predicted octanol–water partition coefficient (Wildman–Crippen LogP) is 5.26. The van der Waals surface area contributed by atoms with Gasteiger partial charge in [0.1, 0.15) is 0 Å². The molecule has 1 heterocycles. The van der Waals surface area contributed by atoms with Gasteiger partial charge in [-0.1, -0.05) is 72.8 Å². The second-order valence-electron chi connectivity index (χ2n) is 8.06. The van der Waals surface area contributed by atoms with Crippen LogP contribution < -0.4 is 4.90 Å². The normalized spacial score (nSPS) is 19.6. The molecular formula is C26H28N2O. The fourth-order valence-electron chi connectivity index (χ4n) is 4.33. The van der Waals surface area contributed by atoms with Gasteiger partial charge >= 0.3 is 0 Å². The number of anilines is 1. The van der Waals surface area contributed by atoms with E-state index in [1.54, 1.807) is 0 Å². The van der Waals surface area contributed by atoms with Crippen LogP contribution in [-0.2, 0) is 11.2 Å². The Labute approximate surface area is 173 Å². The highest BCUT2D eigenvalue weighted by atomic mass is 16.2. The maximum Gasteiger partial charge on any atom is 0.229 e. The van der Waals surface area contributed by atoms with E-state index in [9.17, 15) is 4.79 Å². The van der Waals surface area contributed by atoms with Gasteiger partial charge in [0.2, 0.25) is 5.91 Å². The Balaban J connectivity index is 1.66. The third kappa shape index (κ3) is 3.77. The highest BCUT2D eigenvalue weighted by Crippen LogP contribution is 2.47. The lowest BCUT2D eigenvalue weighted by Gasteiger charge is -2.51. The third-order valence-electron chi connectivity index (χ3n) is 6.00. The summed E-state index contributed by atoms with van der Waals surface area (Å²) < 4.78 is 0. The van der Waals surface area contributed by atoms with E-state index in [-0.39, 0.29) is 23.9 Å². The van der Waals surface area contributed by atoms with E-state index in [0.29, 0.717) is 0 Å². The highest BCUT2D eigenvalue weighted by molar-refractivity contribution is 5.87. The van der Waals surface area contributed by atoms with Crippen molar-refractivity contribution in [1.29, 1.82) is 0 Å². The Morgan fingerprint density at radius 1 is 0.862 bits per heavy atom. The highest BCUT2D eigenvalue weighted by Gasteiger charge is 2.49. The van der Waals surface area contributed by atoms with Gasteiger partial charge in [-0.2, -0.15) is 0 Å². The number of hydrogen-bond acceptors (Lipinski definition) is 2. The molecule has 1 aliphatic heterocycles. The van der Waals surface area contributed by atoms with Gasteiger partial charge in [-0.05, 0) is 42.2 Å². The molecule has 0 spiro atoms. The maximum absolute atomic E-state index is 13.3. The van der Waals surface area contributed by atoms with E-state index < -0.39 is 0 Å². The molecule has 3 aromatic carbocycles. The average Bonchev–Trinajstić information content (AvgIpc) is 2.76. The van der Waals surface area contributed by atoms with E-state index in [0.717, 1.165) is 6.42 Å². The molecule has 1 fully saturated rings. The lowest BCUT2D eigenvalue weighted by molar-refractivity contribution is -0.161. The van der Waals surface area contributed by atoms with Crippen LogP contribution in [-0.4, -0.2) is 24.9 Å². The standard InChI is InChI=1S/C26H28N2O/c1-19(21-12-8-5-9-13-21)28-25(22-14-16-23(17-15-22)27(2)3)24(26(28)29)18-20-10-6-4-7-11-20/h4-17,19,24-25H,18H2,1-3H3/t19-,24-,25-/m0/s1. The van der Waals surface area contributed by atoms with Crippen LogP contribution in [0.1, 0.15) is 35.7 Å². The van der Waals surface area contributed by atoms with E-state index >= 15 is 0 Å². The van der Waals surface area contributed by atoms with Gasteiger partial charge in [-0.25, -0.2) is 0 Å². The van der Waals surface area contributed by atoms with Crippen molar-refractivity contribution in [2.75, 3.05) is 19.0 Å². The zero-order chi connectivity index (χ0) is 20.4. The number of likely N-dealkylation sites (tertiary alicyclic amines) is 1. The van der Waals surface area contributed by atoms with Gasteiger partial charge in [0.15, 0.2) is 0 Å². The van der Waals surface area contributed by atoms with E-state index in [2.05, 4.69) is 65.3 Å². The van der Waals surface area contributed by atoms with Crippen LogP contribution in [0.15, 0.2) is 84.9 Å². The number of hydrogen-bond donors (Lipinski definition) is 0. The smallest absolute Gasteiger partial charge is 0.229 e. The Morgan fingerprint density at radius 3 is 2.03 bits per heavy atom. The molecule has 148 valence electrons. The molecule has 0 aliphatic carbocycles. The molecule has 4 rings (SSSR count). The van der Waals surface area contributed by atoms with Crippen LogP contribution in [0.25, 0.3) is 0 Å². The molecule has 29 heavy (non-hydrogen) atoms. The number of amides is 1. The monoisotopic (exact) mass is 384 g/mol. The minimum absolute atomic E-state index is 0.0197. The second-order valence-corrected chi connectivity index (χ2v) is 8.06. The summed E-state index contributed by atoms with van der Waals surface area (Å²) in [6, 6.07) is 29.4. The van der Waals surface area contributed by atoms with Crippen molar-refractivity contribution >= 4 is 11.6 Å². The van der Waals surface area contributed by atoms with Crippen LogP contribution >= 0.6 is 0 Å². The predicted molar refractivity (Wildman–Crippen MR) is 119 cm³/mol. The molecular weight excluding hydrogens is 356 g/mol. The minimum Gasteiger partial charge on any atom is -0.378 e. The molecule has 0 bridgehead atoms. The van der Waals surface area contributed by atoms with Crippen LogP contribution in [0.4, 0.5) is 5.69 Å². The summed E-state index contributed by atoms with van der Waals surface area (Å²) in [6.07, 6.45) is 0.776. The molecule has 0 aromatic heterocycles. The van der Waals surface area contributed by atoms with Crippen molar-refractivity contribution in [3.05, 3.63) is 102 Å². The molecule has 0 unspecified atom stereocenters. The first-order chi connectivity index (χ1) is 14.1. The van der Waals surface area contributed by atoms with Crippen molar-refractivity contribution in [1.82, 2.24) is 4.90 Å². The summed E-state index contributed by atoms with van der Waals surface area (Å²) >= 11 is 0. The Bertz CT molecular complexity index is 951. The molecule has 1 aliphatic rings. The Hall–Kier alpha value is -3.07. The average molecular weight is 385 g/mol. The Morgan fingerprint density at radius 2 is 1.45 bits per heavy atom. The molecule has 1 amide bonds. The van der Waals surface area contributed by atoms with Gasteiger partial charge < -0.3 is 9.80 Å². The summed E-state index contributed by atoms with van der Waals surface area (Å²) in [5, 5.41) is 0. The number of carbonyl (C=O) groups is 1. The Kier molecular flexibility index (Phi) is 5.39. The van der Waals surface area contributed by atoms with Crippen LogP contribution in [0.3, 0.4) is 0 Å². The van der Waals surface area contributed by atoms with Crippen LogP contribution in [0, 0.1) is 5.92 Å². The quantitative estimate of drug-likeness (QED) is 0.542. The summed E-state index contributed by atoms with van der Waals surface area (Å²) in [4.78, 5) is 17.4. The molecule has 0 radical (unpaired) electrons. The largest absolute Gasteiger partial charge is 0.378 e. The van der Waals surface area contributed by atoms with Crippen LogP contribution in [0.5, 0.6) is 0 Å². The SMILES string of the molecule is C[C@@H](c1ccccc1)N1C(=O)[C@@H](Cc2ccccc2)[C@@H]1c1ccc(N(C)C)cc1.